The summed E-state index contributed by atoms with van der Waals surface area (Å²) in [6.07, 6.45) is 1.42. The van der Waals surface area contributed by atoms with Crippen LogP contribution in [0, 0.1) is 5.92 Å². The number of fused-ring (bicyclic) bond motifs is 3. The Morgan fingerprint density at radius 3 is 2.52 bits per heavy atom. The molecule has 4 aromatic rings. The third-order valence-electron chi connectivity index (χ3n) is 7.44. The van der Waals surface area contributed by atoms with Crippen LogP contribution >= 0.6 is 11.6 Å². The third kappa shape index (κ3) is 7.62. The number of aromatic nitrogens is 3. The van der Waals surface area contributed by atoms with Gasteiger partial charge < -0.3 is 24.1 Å². The van der Waals surface area contributed by atoms with Crippen molar-refractivity contribution in [3.8, 4) is 0 Å². The van der Waals surface area contributed by atoms with Crippen molar-refractivity contribution >= 4 is 56.8 Å². The highest BCUT2D eigenvalue weighted by Gasteiger charge is 2.44. The van der Waals surface area contributed by atoms with E-state index in [4.69, 9.17) is 30.7 Å². The minimum atomic E-state index is -2.69. The maximum Gasteiger partial charge on any atom is 0.297 e. The molecule has 0 amide bonds. The molecule has 2 N–H and O–H groups in total. The zero-order valence-corrected chi connectivity index (χ0v) is 26.6. The van der Waals surface area contributed by atoms with Gasteiger partial charge in [0.2, 0.25) is 0 Å². The van der Waals surface area contributed by atoms with Crippen LogP contribution in [0.1, 0.15) is 57.8 Å². The monoisotopic (exact) mass is 654 g/mol. The second-order valence-corrected chi connectivity index (χ2v) is 12.0. The molecule has 10 nitrogen and oxygen atoms in total. The fourth-order valence-corrected chi connectivity index (χ4v) is 7.12. The number of H-pyrrole nitrogens is 1. The molecule has 2 aliphatic rings. The number of rotatable bonds is 4. The van der Waals surface area contributed by atoms with E-state index < -0.39 is 28.7 Å². The number of carbonyl (C=O) groups is 1. The number of aromatic amines is 1. The second-order valence-electron chi connectivity index (χ2n) is 9.90. The Labute approximate surface area is 261 Å². The van der Waals surface area contributed by atoms with Gasteiger partial charge in [-0.25, -0.2) is 18.7 Å². The van der Waals surface area contributed by atoms with Gasteiger partial charge in [0.25, 0.3) is 18.5 Å². The normalized spacial score (nSPS) is 21.1. The van der Waals surface area contributed by atoms with Crippen LogP contribution in [-0.4, -0.2) is 62.4 Å². The van der Waals surface area contributed by atoms with E-state index >= 15 is 0 Å². The Bertz CT molecular complexity index is 1630. The summed E-state index contributed by atoms with van der Waals surface area (Å²) < 4.78 is 49.3. The number of nitrogens with one attached hydrogen (secondary N) is 1. The molecule has 6 rings (SSSR count). The number of hydrogen-bond acceptors (Lipinski definition) is 8. The summed E-state index contributed by atoms with van der Waals surface area (Å²) >= 11 is 5.95. The molecule has 0 aliphatic carbocycles. The third-order valence-corrected chi connectivity index (χ3v) is 9.19. The molecule has 2 aliphatic heterocycles. The molecule has 1 unspecified atom stereocenters. The highest BCUT2D eigenvalue weighted by molar-refractivity contribution is 7.85. The highest BCUT2D eigenvalue weighted by atomic mass is 35.5. The van der Waals surface area contributed by atoms with Gasteiger partial charge in [-0.1, -0.05) is 44.5 Å². The van der Waals surface area contributed by atoms with Crippen LogP contribution in [0.5, 0.6) is 0 Å². The average Bonchev–Trinajstić information content (AvgIpc) is 3.69. The lowest BCUT2D eigenvalue weighted by Crippen LogP contribution is -2.47. The maximum absolute atomic E-state index is 13.1. The molecule has 0 bridgehead atoms. The Balaban J connectivity index is 0.000000212. The van der Waals surface area contributed by atoms with Gasteiger partial charge in [-0.15, -0.1) is 0 Å². The molecular formula is C30H37ClF2N4O6S. The van der Waals surface area contributed by atoms with Crippen LogP contribution < -0.4 is 10.5 Å². The van der Waals surface area contributed by atoms with Crippen molar-refractivity contribution in [1.29, 1.82) is 0 Å². The summed E-state index contributed by atoms with van der Waals surface area (Å²) in [6, 6.07) is 8.98. The molecule has 0 saturated carbocycles. The summed E-state index contributed by atoms with van der Waals surface area (Å²) in [4.78, 5) is 33.0. The molecule has 2 saturated heterocycles. The number of para-hydroxylation sites is 1. The number of furan rings is 1. The van der Waals surface area contributed by atoms with Crippen LogP contribution in [0.25, 0.3) is 22.1 Å². The van der Waals surface area contributed by atoms with Crippen molar-refractivity contribution in [1.82, 2.24) is 15.0 Å². The number of ether oxygens (including phenoxy) is 1. The first-order valence-corrected chi connectivity index (χ1v) is 16.1. The molecule has 0 radical (unpaired) electrons. The molecule has 5 heterocycles. The fraction of sp³-hybridized carbons (Fsp3) is 0.467. The van der Waals surface area contributed by atoms with E-state index in [2.05, 4.69) is 15.0 Å². The molecular weight excluding hydrogens is 618 g/mol. The van der Waals surface area contributed by atoms with Gasteiger partial charge in [-0.3, -0.25) is 13.8 Å². The van der Waals surface area contributed by atoms with E-state index in [0.29, 0.717) is 51.0 Å². The van der Waals surface area contributed by atoms with E-state index in [1.807, 2.05) is 49.9 Å². The Morgan fingerprint density at radius 1 is 1.25 bits per heavy atom. The Morgan fingerprint density at radius 2 is 1.91 bits per heavy atom. The maximum atomic E-state index is 13.1. The standard InChI is InChI=1S/C15H13F2N3O.C12H16ClNO3S.C2H6.CH2O2/c16-13(17)14-18-11-9-5-1-2-6-10(9)21-12(11)15(19-14)20-7-3-4-8-20;1-8-7-18(16)4-3-12(8,17-2)10-5-9(13)6-14-11(10)15;1-2;2-1-3/h1-2,5-6,13H,3-4,7-8H2;5-6,8H,3-4,7H2,1-2H3,(H,14,15);1-2H3;1H,(H,2,3)/t;8-,12+,18?;;/m.0../s1. The van der Waals surface area contributed by atoms with Gasteiger partial charge in [0, 0.05) is 60.0 Å². The second kappa shape index (κ2) is 16.1. The highest BCUT2D eigenvalue weighted by Crippen LogP contribution is 2.39. The predicted molar refractivity (Wildman–Crippen MR) is 168 cm³/mol. The van der Waals surface area contributed by atoms with Crippen LogP contribution in [0.4, 0.5) is 14.6 Å². The van der Waals surface area contributed by atoms with Gasteiger partial charge in [-0.05, 0) is 37.5 Å². The molecule has 240 valence electrons. The van der Waals surface area contributed by atoms with Crippen molar-refractivity contribution in [3.05, 3.63) is 63.3 Å². The first-order chi connectivity index (χ1) is 21.1. The van der Waals surface area contributed by atoms with E-state index in [1.165, 1.54) is 6.20 Å². The number of benzene rings is 1. The van der Waals surface area contributed by atoms with Crippen LogP contribution in [0.15, 0.2) is 45.7 Å². The van der Waals surface area contributed by atoms with E-state index in [1.54, 1.807) is 13.2 Å². The first kappa shape index (κ1) is 35.1. The first-order valence-electron chi connectivity index (χ1n) is 14.2. The topological polar surface area (TPSA) is 139 Å². The van der Waals surface area contributed by atoms with Gasteiger partial charge in [0.15, 0.2) is 17.2 Å². The van der Waals surface area contributed by atoms with Crippen LogP contribution in [-0.2, 0) is 25.9 Å². The lowest BCUT2D eigenvalue weighted by Gasteiger charge is -2.40. The summed E-state index contributed by atoms with van der Waals surface area (Å²) in [7, 11) is 0.759. The predicted octanol–water partition coefficient (Wildman–Crippen LogP) is 6.30. The molecule has 1 aromatic carbocycles. The number of pyridine rings is 1. The molecule has 14 heteroatoms. The van der Waals surface area contributed by atoms with Crippen molar-refractivity contribution in [2.24, 2.45) is 5.92 Å². The molecule has 44 heavy (non-hydrogen) atoms. The summed E-state index contributed by atoms with van der Waals surface area (Å²) in [5.74, 6) is 1.15. The number of nitrogens with zero attached hydrogens (tertiary/aromatic N) is 3. The lowest BCUT2D eigenvalue weighted by atomic mass is 9.81. The van der Waals surface area contributed by atoms with E-state index in [0.717, 1.165) is 31.3 Å². The smallest absolute Gasteiger partial charge is 0.297 e. The van der Waals surface area contributed by atoms with Gasteiger partial charge in [-0.2, -0.15) is 0 Å². The zero-order chi connectivity index (χ0) is 32.4. The van der Waals surface area contributed by atoms with Crippen molar-refractivity contribution in [2.45, 2.75) is 52.1 Å². The number of hydrogen-bond donors (Lipinski definition) is 2. The minimum Gasteiger partial charge on any atom is -0.483 e. The molecule has 3 aromatic heterocycles. The number of methoxy groups -OCH3 is 1. The minimum absolute atomic E-state index is 0.0108. The molecule has 2 fully saturated rings. The summed E-state index contributed by atoms with van der Waals surface area (Å²) in [6.45, 7) is 7.33. The Kier molecular flexibility index (Phi) is 12.8. The lowest BCUT2D eigenvalue weighted by molar-refractivity contribution is -0.122. The number of alkyl halides is 2. The van der Waals surface area contributed by atoms with Crippen molar-refractivity contribution in [2.75, 3.05) is 36.6 Å². The molecule has 3 atom stereocenters. The summed E-state index contributed by atoms with van der Waals surface area (Å²) in [5.41, 5.74) is 1.27. The number of carboxylic acid groups (broad SMARTS) is 1. The average molecular weight is 655 g/mol. The number of halogens is 3. The van der Waals surface area contributed by atoms with Gasteiger partial charge in [0.05, 0.1) is 10.6 Å². The number of anilines is 1. The van der Waals surface area contributed by atoms with Crippen molar-refractivity contribution in [3.63, 3.8) is 0 Å². The van der Waals surface area contributed by atoms with Crippen LogP contribution in [0.2, 0.25) is 5.02 Å². The SMILES string of the molecule is CC.CO[C@]1(c2cc(Cl)c[nH]c2=O)CCS(=O)C[C@@H]1C.FC(F)c1nc(N2CCCC2)c2oc3ccccc3c2n1.O=CO. The molecule has 0 spiro atoms. The summed E-state index contributed by atoms with van der Waals surface area (Å²) in [5, 5.41) is 8.11. The Hall–Kier alpha value is -3.42. The van der Waals surface area contributed by atoms with E-state index in [-0.39, 0.29) is 17.9 Å². The van der Waals surface area contributed by atoms with E-state index in [9.17, 15) is 17.8 Å². The van der Waals surface area contributed by atoms with Crippen molar-refractivity contribution < 1.29 is 32.0 Å². The van der Waals surface area contributed by atoms with Gasteiger partial charge >= 0.3 is 0 Å². The fourth-order valence-electron chi connectivity index (χ4n) is 5.43. The van der Waals surface area contributed by atoms with Crippen LogP contribution in [0.3, 0.4) is 0 Å². The zero-order valence-electron chi connectivity index (χ0n) is 25.0. The quantitative estimate of drug-likeness (QED) is 0.243. The largest absolute Gasteiger partial charge is 0.483 e. The van der Waals surface area contributed by atoms with Gasteiger partial charge in [0.1, 0.15) is 16.7 Å².